The molecule has 1 aliphatic heterocycles. The lowest BCUT2D eigenvalue weighted by Gasteiger charge is -2.30. The summed E-state index contributed by atoms with van der Waals surface area (Å²) in [6.07, 6.45) is 3.77. The molecule has 0 unspecified atom stereocenters. The SMILES string of the molecule is C[C@H](Nc1ncnc2scnc12)c1cc2cccc(Cl)c2c(OC2CCN(S(C)(=O)=O)CC2)n1. The van der Waals surface area contributed by atoms with E-state index in [-0.39, 0.29) is 12.1 Å². The van der Waals surface area contributed by atoms with Gasteiger partial charge in [-0.2, -0.15) is 0 Å². The Balaban J connectivity index is 1.44. The number of halogens is 1. The minimum Gasteiger partial charge on any atom is -0.474 e. The molecule has 12 heteroatoms. The highest BCUT2D eigenvalue weighted by atomic mass is 35.5. The fourth-order valence-electron chi connectivity index (χ4n) is 4.08. The van der Waals surface area contributed by atoms with Crippen molar-refractivity contribution in [2.75, 3.05) is 24.7 Å². The van der Waals surface area contributed by atoms with Gasteiger partial charge in [0.1, 0.15) is 22.8 Å². The summed E-state index contributed by atoms with van der Waals surface area (Å²) in [6, 6.07) is 7.47. The van der Waals surface area contributed by atoms with E-state index in [9.17, 15) is 8.42 Å². The molecule has 0 bridgehead atoms. The summed E-state index contributed by atoms with van der Waals surface area (Å²) < 4.78 is 31.5. The monoisotopic (exact) mass is 518 g/mol. The van der Waals surface area contributed by atoms with Crippen LogP contribution in [0, 0.1) is 0 Å². The number of piperidine rings is 1. The predicted octanol–water partition coefficient (Wildman–Crippen LogP) is 4.26. The third-order valence-corrected chi connectivity index (χ3v) is 8.22. The number of fused-ring (bicyclic) bond motifs is 2. The molecule has 1 atom stereocenters. The van der Waals surface area contributed by atoms with Gasteiger partial charge in [-0.15, -0.1) is 11.3 Å². The first kappa shape index (κ1) is 23.2. The van der Waals surface area contributed by atoms with E-state index in [2.05, 4.69) is 20.3 Å². The van der Waals surface area contributed by atoms with Crippen LogP contribution in [0.4, 0.5) is 5.82 Å². The zero-order chi connectivity index (χ0) is 23.9. The van der Waals surface area contributed by atoms with Crippen LogP contribution in [0.5, 0.6) is 5.88 Å². The number of hydrogen-bond donors (Lipinski definition) is 1. The van der Waals surface area contributed by atoms with Gasteiger partial charge in [-0.25, -0.2) is 32.7 Å². The first-order valence-corrected chi connectivity index (χ1v) is 13.9. The minimum atomic E-state index is -3.20. The molecule has 34 heavy (non-hydrogen) atoms. The van der Waals surface area contributed by atoms with Crippen molar-refractivity contribution in [3.63, 3.8) is 0 Å². The van der Waals surface area contributed by atoms with E-state index in [1.165, 1.54) is 28.2 Å². The fourth-order valence-corrected chi connectivity index (χ4v) is 5.84. The zero-order valence-corrected chi connectivity index (χ0v) is 21.0. The van der Waals surface area contributed by atoms with Crippen molar-refractivity contribution in [3.8, 4) is 5.88 Å². The molecule has 1 aromatic carbocycles. The van der Waals surface area contributed by atoms with Crippen LogP contribution in [-0.2, 0) is 10.0 Å². The molecule has 1 fully saturated rings. The van der Waals surface area contributed by atoms with Crippen molar-refractivity contribution >= 4 is 59.9 Å². The second kappa shape index (κ2) is 9.21. The molecule has 4 heterocycles. The Kier molecular flexibility index (Phi) is 6.28. The number of nitrogens with zero attached hydrogens (tertiary/aromatic N) is 5. The number of pyridine rings is 1. The third-order valence-electron chi connectivity index (χ3n) is 5.87. The molecule has 178 valence electrons. The van der Waals surface area contributed by atoms with Crippen LogP contribution in [0.15, 0.2) is 36.1 Å². The molecular weight excluding hydrogens is 496 g/mol. The number of thiazole rings is 1. The Morgan fingerprint density at radius 3 is 2.79 bits per heavy atom. The smallest absolute Gasteiger partial charge is 0.223 e. The maximum atomic E-state index is 11.8. The van der Waals surface area contributed by atoms with E-state index < -0.39 is 10.0 Å². The Morgan fingerprint density at radius 2 is 2.03 bits per heavy atom. The molecule has 0 amide bonds. The van der Waals surface area contributed by atoms with Gasteiger partial charge < -0.3 is 10.1 Å². The van der Waals surface area contributed by atoms with Crippen LogP contribution in [0.1, 0.15) is 31.5 Å². The normalized spacial score (nSPS) is 16.7. The number of anilines is 1. The van der Waals surface area contributed by atoms with E-state index in [1.54, 1.807) is 5.51 Å². The quantitative estimate of drug-likeness (QED) is 0.403. The molecule has 1 aliphatic rings. The van der Waals surface area contributed by atoms with Gasteiger partial charge in [-0.05, 0) is 37.3 Å². The van der Waals surface area contributed by atoms with Gasteiger partial charge in [-0.3, -0.25) is 0 Å². The highest BCUT2D eigenvalue weighted by Gasteiger charge is 2.27. The first-order valence-electron chi connectivity index (χ1n) is 10.8. The number of hydrogen-bond acceptors (Lipinski definition) is 9. The summed E-state index contributed by atoms with van der Waals surface area (Å²) in [5.41, 5.74) is 3.23. The highest BCUT2D eigenvalue weighted by molar-refractivity contribution is 7.88. The van der Waals surface area contributed by atoms with Crippen molar-refractivity contribution in [1.29, 1.82) is 0 Å². The molecule has 0 aliphatic carbocycles. The molecule has 4 aromatic rings. The Bertz CT molecular complexity index is 1450. The molecule has 9 nitrogen and oxygen atoms in total. The number of benzene rings is 1. The van der Waals surface area contributed by atoms with Crippen LogP contribution >= 0.6 is 22.9 Å². The summed E-state index contributed by atoms with van der Waals surface area (Å²) in [6.45, 7) is 2.84. The molecular formula is C22H23ClN6O3S2. The lowest BCUT2D eigenvalue weighted by atomic mass is 10.1. The van der Waals surface area contributed by atoms with E-state index in [4.69, 9.17) is 21.3 Å². The van der Waals surface area contributed by atoms with Crippen molar-refractivity contribution in [2.45, 2.75) is 31.9 Å². The standard InChI is InChI=1S/C22H23ClN6O3S2/c1-13(27-20-19-22(25-11-24-20)33-12-26-19)17-10-14-4-3-5-16(23)18(14)21(28-17)32-15-6-8-29(9-7-15)34(2,30)31/h3-5,10-13,15H,6-9H2,1-2H3,(H,24,25,27)/t13-/m0/s1. The molecule has 0 spiro atoms. The van der Waals surface area contributed by atoms with Crippen LogP contribution in [0.2, 0.25) is 5.02 Å². The van der Waals surface area contributed by atoms with Crippen LogP contribution in [0.3, 0.4) is 0 Å². The first-order chi connectivity index (χ1) is 16.3. The molecule has 1 N–H and O–H groups in total. The van der Waals surface area contributed by atoms with Gasteiger partial charge in [0.25, 0.3) is 0 Å². The van der Waals surface area contributed by atoms with Crippen molar-refractivity contribution in [3.05, 3.63) is 46.8 Å². The number of sulfonamides is 1. The summed E-state index contributed by atoms with van der Waals surface area (Å²) in [5, 5.41) is 5.60. The minimum absolute atomic E-state index is 0.153. The van der Waals surface area contributed by atoms with Crippen molar-refractivity contribution < 1.29 is 13.2 Å². The van der Waals surface area contributed by atoms with Crippen LogP contribution in [0.25, 0.3) is 21.1 Å². The van der Waals surface area contributed by atoms with E-state index in [0.717, 1.165) is 26.8 Å². The van der Waals surface area contributed by atoms with E-state index in [0.29, 0.717) is 42.7 Å². The molecule has 0 saturated carbocycles. The molecule has 1 saturated heterocycles. The highest BCUT2D eigenvalue weighted by Crippen LogP contribution is 2.35. The maximum Gasteiger partial charge on any atom is 0.223 e. The van der Waals surface area contributed by atoms with E-state index >= 15 is 0 Å². The summed E-state index contributed by atoms with van der Waals surface area (Å²) in [7, 11) is -3.20. The second-order valence-corrected chi connectivity index (χ2v) is 11.5. The van der Waals surface area contributed by atoms with Crippen LogP contribution in [-0.4, -0.2) is 58.1 Å². The Morgan fingerprint density at radius 1 is 1.24 bits per heavy atom. The maximum absolute atomic E-state index is 11.8. The van der Waals surface area contributed by atoms with Crippen molar-refractivity contribution in [1.82, 2.24) is 24.2 Å². The topological polar surface area (TPSA) is 110 Å². The second-order valence-electron chi connectivity index (χ2n) is 8.26. The number of rotatable bonds is 6. The average molecular weight is 519 g/mol. The molecule has 3 aromatic heterocycles. The van der Waals surface area contributed by atoms with Gasteiger partial charge >= 0.3 is 0 Å². The summed E-state index contributed by atoms with van der Waals surface area (Å²) in [4.78, 5) is 18.6. The third kappa shape index (κ3) is 4.65. The van der Waals surface area contributed by atoms with Gasteiger partial charge in [0.15, 0.2) is 5.82 Å². The van der Waals surface area contributed by atoms with Gasteiger partial charge in [0.2, 0.25) is 15.9 Å². The van der Waals surface area contributed by atoms with Gasteiger partial charge in [0.05, 0.1) is 33.9 Å². The van der Waals surface area contributed by atoms with E-state index in [1.807, 2.05) is 31.2 Å². The number of aromatic nitrogens is 4. The van der Waals surface area contributed by atoms with Crippen LogP contribution < -0.4 is 10.1 Å². The fraction of sp³-hybridized carbons (Fsp3) is 0.364. The number of nitrogens with one attached hydrogen (secondary N) is 1. The Labute approximate surface area is 206 Å². The zero-order valence-electron chi connectivity index (χ0n) is 18.6. The Hall–Kier alpha value is -2.60. The lowest BCUT2D eigenvalue weighted by molar-refractivity contribution is 0.132. The van der Waals surface area contributed by atoms with Gasteiger partial charge in [0, 0.05) is 13.1 Å². The predicted molar refractivity (Wildman–Crippen MR) is 134 cm³/mol. The van der Waals surface area contributed by atoms with Crippen molar-refractivity contribution in [2.24, 2.45) is 0 Å². The largest absolute Gasteiger partial charge is 0.474 e. The summed E-state index contributed by atoms with van der Waals surface area (Å²) in [5.74, 6) is 1.09. The molecule has 5 rings (SSSR count). The summed E-state index contributed by atoms with van der Waals surface area (Å²) >= 11 is 7.99. The average Bonchev–Trinajstić information content (AvgIpc) is 3.29. The van der Waals surface area contributed by atoms with Gasteiger partial charge in [-0.1, -0.05) is 23.7 Å². The lowest BCUT2D eigenvalue weighted by Crippen LogP contribution is -2.41. The number of ether oxygens (including phenoxy) is 1. The molecule has 0 radical (unpaired) electrons.